The second kappa shape index (κ2) is 5.92. The number of carbonyl (C=O) groups excluding carboxylic acids is 1. The Bertz CT molecular complexity index is 880. The minimum atomic E-state index is -0.194. The maximum absolute atomic E-state index is 12.7. The van der Waals surface area contributed by atoms with Crippen LogP contribution in [0.3, 0.4) is 0 Å². The highest BCUT2D eigenvalue weighted by molar-refractivity contribution is 9.10. The van der Waals surface area contributed by atoms with Gasteiger partial charge in [0.2, 0.25) is 6.79 Å². The second-order valence-electron chi connectivity index (χ2n) is 5.22. The number of benzene rings is 2. The summed E-state index contributed by atoms with van der Waals surface area (Å²) in [5.74, 6) is 1.18. The van der Waals surface area contributed by atoms with Gasteiger partial charge in [0.15, 0.2) is 16.6 Å². The highest BCUT2D eigenvalue weighted by Gasteiger charge is 2.32. The molecule has 0 atom stereocenters. The zero-order valence-electron chi connectivity index (χ0n) is 12.3. The SMILES string of the molecule is O=C1/C(=C/c2ccc3c(c2)OCO3)NC(=S)N1c1ccc(Br)cc1. The number of hydrogen-bond acceptors (Lipinski definition) is 4. The van der Waals surface area contributed by atoms with Gasteiger partial charge in [0.05, 0.1) is 5.69 Å². The zero-order chi connectivity index (χ0) is 16.7. The van der Waals surface area contributed by atoms with E-state index in [-0.39, 0.29) is 12.7 Å². The largest absolute Gasteiger partial charge is 0.454 e. The first-order valence-electron chi connectivity index (χ1n) is 7.14. The van der Waals surface area contributed by atoms with Crippen LogP contribution in [-0.4, -0.2) is 17.8 Å². The molecule has 5 nitrogen and oxygen atoms in total. The van der Waals surface area contributed by atoms with Crippen molar-refractivity contribution in [2.45, 2.75) is 0 Å². The van der Waals surface area contributed by atoms with Gasteiger partial charge >= 0.3 is 0 Å². The molecule has 1 amide bonds. The topological polar surface area (TPSA) is 50.8 Å². The average Bonchev–Trinajstić information content (AvgIpc) is 3.13. The third-order valence-electron chi connectivity index (χ3n) is 3.67. The Morgan fingerprint density at radius 1 is 1.12 bits per heavy atom. The summed E-state index contributed by atoms with van der Waals surface area (Å²) in [5, 5.41) is 3.32. The van der Waals surface area contributed by atoms with Crippen LogP contribution >= 0.6 is 28.1 Å². The fraction of sp³-hybridized carbons (Fsp3) is 0.0588. The highest BCUT2D eigenvalue weighted by Crippen LogP contribution is 2.33. The molecule has 120 valence electrons. The Balaban J connectivity index is 1.64. The van der Waals surface area contributed by atoms with Crippen LogP contribution < -0.4 is 19.7 Å². The third-order valence-corrected chi connectivity index (χ3v) is 4.48. The Hall–Kier alpha value is -2.38. The van der Waals surface area contributed by atoms with Crippen molar-refractivity contribution in [2.75, 3.05) is 11.7 Å². The molecule has 1 saturated heterocycles. The van der Waals surface area contributed by atoms with Crippen molar-refractivity contribution in [1.29, 1.82) is 0 Å². The van der Waals surface area contributed by atoms with Crippen LogP contribution in [0.2, 0.25) is 0 Å². The quantitative estimate of drug-likeness (QED) is 0.615. The van der Waals surface area contributed by atoms with E-state index >= 15 is 0 Å². The summed E-state index contributed by atoms with van der Waals surface area (Å²) in [6.07, 6.45) is 1.75. The minimum Gasteiger partial charge on any atom is -0.454 e. The number of nitrogens with zero attached hydrogens (tertiary/aromatic N) is 1. The fourth-order valence-corrected chi connectivity index (χ4v) is 3.09. The van der Waals surface area contributed by atoms with Crippen LogP contribution in [0.4, 0.5) is 5.69 Å². The predicted octanol–water partition coefficient (Wildman–Crippen LogP) is 3.44. The van der Waals surface area contributed by atoms with Crippen LogP contribution in [0, 0.1) is 0 Å². The van der Waals surface area contributed by atoms with Crippen molar-refractivity contribution in [2.24, 2.45) is 0 Å². The molecule has 0 aliphatic carbocycles. The van der Waals surface area contributed by atoms with E-state index in [4.69, 9.17) is 21.7 Å². The van der Waals surface area contributed by atoms with Gasteiger partial charge in [-0.15, -0.1) is 0 Å². The lowest BCUT2D eigenvalue weighted by Gasteiger charge is -2.13. The number of thiocarbonyl (C=S) groups is 1. The molecule has 0 saturated carbocycles. The summed E-state index contributed by atoms with van der Waals surface area (Å²) in [7, 11) is 0. The molecular weight excluding hydrogens is 392 g/mol. The monoisotopic (exact) mass is 402 g/mol. The standard InChI is InChI=1S/C17H11BrN2O3S/c18-11-2-4-12(5-3-11)20-16(21)13(19-17(20)24)7-10-1-6-14-15(8-10)23-9-22-14/h1-8H,9H2,(H,19,24)/b13-7-. The first-order chi connectivity index (χ1) is 11.6. The van der Waals surface area contributed by atoms with Gasteiger partial charge in [0.1, 0.15) is 5.70 Å². The van der Waals surface area contributed by atoms with E-state index in [2.05, 4.69) is 21.2 Å². The summed E-state index contributed by atoms with van der Waals surface area (Å²) in [6.45, 7) is 0.216. The maximum Gasteiger partial charge on any atom is 0.281 e. The highest BCUT2D eigenvalue weighted by atomic mass is 79.9. The van der Waals surface area contributed by atoms with E-state index in [0.717, 1.165) is 15.7 Å². The van der Waals surface area contributed by atoms with Gasteiger partial charge < -0.3 is 14.8 Å². The number of halogens is 1. The molecule has 2 heterocycles. The molecule has 0 radical (unpaired) electrons. The molecule has 4 rings (SSSR count). The van der Waals surface area contributed by atoms with Gasteiger partial charge in [-0.05, 0) is 60.3 Å². The summed E-state index contributed by atoms with van der Waals surface area (Å²) in [6, 6.07) is 12.9. The van der Waals surface area contributed by atoms with Crippen molar-refractivity contribution < 1.29 is 14.3 Å². The number of amides is 1. The van der Waals surface area contributed by atoms with Crippen LogP contribution in [-0.2, 0) is 4.79 Å². The molecule has 0 bridgehead atoms. The van der Waals surface area contributed by atoms with Crippen molar-refractivity contribution in [1.82, 2.24) is 5.32 Å². The molecule has 2 aliphatic rings. The molecule has 0 unspecified atom stereocenters. The van der Waals surface area contributed by atoms with Gasteiger partial charge in [-0.25, -0.2) is 0 Å². The van der Waals surface area contributed by atoms with Crippen molar-refractivity contribution in [3.63, 3.8) is 0 Å². The average molecular weight is 403 g/mol. The summed E-state index contributed by atoms with van der Waals surface area (Å²) in [5.41, 5.74) is 1.96. The minimum absolute atomic E-state index is 0.194. The van der Waals surface area contributed by atoms with E-state index in [1.54, 1.807) is 6.08 Å². The fourth-order valence-electron chi connectivity index (χ4n) is 2.53. The zero-order valence-corrected chi connectivity index (χ0v) is 14.7. The summed E-state index contributed by atoms with van der Waals surface area (Å²) >= 11 is 8.68. The Kier molecular flexibility index (Phi) is 3.74. The molecular formula is C17H11BrN2O3S. The van der Waals surface area contributed by atoms with Gasteiger partial charge in [0, 0.05) is 4.47 Å². The smallest absolute Gasteiger partial charge is 0.281 e. The van der Waals surface area contributed by atoms with Crippen molar-refractivity contribution >= 4 is 50.9 Å². The molecule has 7 heteroatoms. The molecule has 1 fully saturated rings. The molecule has 1 N–H and O–H groups in total. The number of nitrogens with one attached hydrogen (secondary N) is 1. The first-order valence-corrected chi connectivity index (χ1v) is 8.34. The van der Waals surface area contributed by atoms with E-state index in [1.165, 1.54) is 4.90 Å². The van der Waals surface area contributed by atoms with Gasteiger partial charge in [-0.3, -0.25) is 9.69 Å². The molecule has 2 aliphatic heterocycles. The number of carbonyl (C=O) groups is 1. The number of anilines is 1. The lowest BCUT2D eigenvalue weighted by Crippen LogP contribution is -2.30. The van der Waals surface area contributed by atoms with Gasteiger partial charge in [-0.1, -0.05) is 22.0 Å². The summed E-state index contributed by atoms with van der Waals surface area (Å²) < 4.78 is 11.6. The third kappa shape index (κ3) is 2.65. The predicted molar refractivity (Wildman–Crippen MR) is 97.9 cm³/mol. The van der Waals surface area contributed by atoms with Gasteiger partial charge in [-0.2, -0.15) is 0 Å². The van der Waals surface area contributed by atoms with Crippen molar-refractivity contribution in [3.05, 3.63) is 58.2 Å². The van der Waals surface area contributed by atoms with Crippen molar-refractivity contribution in [3.8, 4) is 11.5 Å². The lowest BCUT2D eigenvalue weighted by atomic mass is 10.1. The number of hydrogen-bond donors (Lipinski definition) is 1. The number of fused-ring (bicyclic) bond motifs is 1. The molecule has 2 aromatic rings. The lowest BCUT2D eigenvalue weighted by molar-refractivity contribution is -0.113. The Labute approximate surface area is 152 Å². The second-order valence-corrected chi connectivity index (χ2v) is 6.52. The molecule has 2 aromatic carbocycles. The summed E-state index contributed by atoms with van der Waals surface area (Å²) in [4.78, 5) is 14.2. The van der Waals surface area contributed by atoms with E-state index < -0.39 is 0 Å². The molecule has 24 heavy (non-hydrogen) atoms. The maximum atomic E-state index is 12.7. The number of rotatable bonds is 2. The normalized spacial score (nSPS) is 17.5. The molecule has 0 aromatic heterocycles. The first kappa shape index (κ1) is 15.2. The van der Waals surface area contributed by atoms with Crippen LogP contribution in [0.15, 0.2) is 52.6 Å². The van der Waals surface area contributed by atoms with E-state index in [0.29, 0.717) is 22.3 Å². The van der Waals surface area contributed by atoms with Crippen LogP contribution in [0.1, 0.15) is 5.56 Å². The van der Waals surface area contributed by atoms with E-state index in [1.807, 2.05) is 42.5 Å². The Morgan fingerprint density at radius 3 is 2.67 bits per heavy atom. The van der Waals surface area contributed by atoms with Crippen LogP contribution in [0.25, 0.3) is 6.08 Å². The molecule has 0 spiro atoms. The number of ether oxygens (including phenoxy) is 2. The van der Waals surface area contributed by atoms with Gasteiger partial charge in [0.25, 0.3) is 5.91 Å². The van der Waals surface area contributed by atoms with Crippen LogP contribution in [0.5, 0.6) is 11.5 Å². The van der Waals surface area contributed by atoms with E-state index in [9.17, 15) is 4.79 Å². The Morgan fingerprint density at radius 2 is 1.88 bits per heavy atom.